The lowest BCUT2D eigenvalue weighted by atomic mass is 10.0. The van der Waals surface area contributed by atoms with E-state index < -0.39 is 36.0 Å². The average molecular weight is 587 g/mol. The molecule has 0 spiro atoms. The van der Waals surface area contributed by atoms with Crippen LogP contribution in [0, 0.1) is 5.92 Å². The summed E-state index contributed by atoms with van der Waals surface area (Å²) in [6.45, 7) is 5.67. The highest BCUT2D eigenvalue weighted by atomic mass is 16.3. The first-order valence-electron chi connectivity index (χ1n) is 14.1. The number of hydrogen-bond acceptors (Lipinski definition) is 7. The van der Waals surface area contributed by atoms with Crippen LogP contribution in [0.1, 0.15) is 71.0 Å². The van der Waals surface area contributed by atoms with Crippen molar-refractivity contribution in [2.45, 2.75) is 77.5 Å². The summed E-state index contributed by atoms with van der Waals surface area (Å²) < 4.78 is 0. The Kier molecular flexibility index (Phi) is 13.6. The summed E-state index contributed by atoms with van der Waals surface area (Å²) in [5, 5.41) is 20.4. The van der Waals surface area contributed by atoms with E-state index in [1.807, 2.05) is 0 Å². The summed E-state index contributed by atoms with van der Waals surface area (Å²) in [5.74, 6) is -2.29. The smallest absolute Gasteiger partial charge is 0.312 e. The van der Waals surface area contributed by atoms with Crippen molar-refractivity contribution < 1.29 is 33.9 Å². The van der Waals surface area contributed by atoms with Crippen LogP contribution in [-0.2, 0) is 24.0 Å². The topological polar surface area (TPSA) is 200 Å². The van der Waals surface area contributed by atoms with E-state index in [4.69, 9.17) is 5.73 Å². The van der Waals surface area contributed by atoms with Gasteiger partial charge in [-0.1, -0.05) is 32.4 Å². The van der Waals surface area contributed by atoms with Gasteiger partial charge in [-0.05, 0) is 56.2 Å². The maximum Gasteiger partial charge on any atom is 0.312 e. The lowest BCUT2D eigenvalue weighted by molar-refractivity contribution is -0.137. The number of primary amides is 1. The molecule has 0 aliphatic carbocycles. The fourth-order valence-electron chi connectivity index (χ4n) is 4.29. The molecule has 13 heteroatoms. The molecule has 1 unspecified atom stereocenters. The first kappa shape index (κ1) is 33.9. The van der Waals surface area contributed by atoms with E-state index in [0.717, 1.165) is 4.90 Å². The van der Waals surface area contributed by atoms with Gasteiger partial charge < -0.3 is 32.1 Å². The molecule has 1 aliphatic heterocycles. The number of amides is 7. The van der Waals surface area contributed by atoms with Crippen LogP contribution in [0.5, 0.6) is 0 Å². The Morgan fingerprint density at radius 1 is 0.881 bits per heavy atom. The molecule has 42 heavy (non-hydrogen) atoms. The fourth-order valence-corrected chi connectivity index (χ4v) is 4.29. The molecule has 0 aromatic heterocycles. The van der Waals surface area contributed by atoms with Gasteiger partial charge in [0.1, 0.15) is 12.1 Å². The second kappa shape index (κ2) is 16.9. The normalized spacial score (nSPS) is 14.8. The van der Waals surface area contributed by atoms with Crippen LogP contribution < -0.4 is 27.0 Å². The lowest BCUT2D eigenvalue weighted by Gasteiger charge is -2.25. The number of carbonyl (C=O) groups is 6. The van der Waals surface area contributed by atoms with Crippen LogP contribution in [0.15, 0.2) is 36.4 Å². The van der Waals surface area contributed by atoms with Crippen LogP contribution >= 0.6 is 0 Å². The van der Waals surface area contributed by atoms with E-state index in [1.54, 1.807) is 45.0 Å². The summed E-state index contributed by atoms with van der Waals surface area (Å²) in [4.78, 5) is 74.4. The second-order valence-electron chi connectivity index (χ2n) is 10.5. The zero-order valence-electron chi connectivity index (χ0n) is 24.4. The first-order chi connectivity index (χ1) is 19.9. The summed E-state index contributed by atoms with van der Waals surface area (Å²) in [6, 6.07) is 4.08. The van der Waals surface area contributed by atoms with Gasteiger partial charge in [0.15, 0.2) is 0 Å². The Morgan fingerprint density at radius 2 is 1.52 bits per heavy atom. The maximum absolute atomic E-state index is 13.2. The van der Waals surface area contributed by atoms with Crippen molar-refractivity contribution in [2.75, 3.05) is 18.4 Å². The van der Waals surface area contributed by atoms with E-state index >= 15 is 0 Å². The highest BCUT2D eigenvalue weighted by Gasteiger charge is 2.29. The number of nitrogens with two attached hydrogens (primary N) is 1. The van der Waals surface area contributed by atoms with Crippen molar-refractivity contribution in [3.8, 4) is 0 Å². The third kappa shape index (κ3) is 11.3. The Labute approximate surface area is 245 Å². The number of urea groups is 1. The molecule has 0 fully saturated rings. The van der Waals surface area contributed by atoms with E-state index in [2.05, 4.69) is 21.3 Å². The number of nitrogens with one attached hydrogen (secondary N) is 4. The van der Waals surface area contributed by atoms with Crippen LogP contribution in [0.25, 0.3) is 0 Å². The minimum Gasteiger partial charge on any atom is -0.389 e. The van der Waals surface area contributed by atoms with E-state index in [9.17, 15) is 33.9 Å². The van der Waals surface area contributed by atoms with Gasteiger partial charge in [-0.3, -0.25) is 28.9 Å². The second-order valence-corrected chi connectivity index (χ2v) is 10.5. The molecule has 7 amide bonds. The van der Waals surface area contributed by atoms with Gasteiger partial charge in [-0.2, -0.15) is 0 Å². The zero-order valence-corrected chi connectivity index (χ0v) is 24.4. The maximum atomic E-state index is 13.2. The van der Waals surface area contributed by atoms with Crippen molar-refractivity contribution in [2.24, 2.45) is 11.7 Å². The number of anilines is 1. The molecule has 230 valence electrons. The van der Waals surface area contributed by atoms with Gasteiger partial charge in [-0.15, -0.1) is 0 Å². The molecule has 2 rings (SSSR count). The number of imide groups is 1. The van der Waals surface area contributed by atoms with Gasteiger partial charge in [0.2, 0.25) is 17.7 Å². The van der Waals surface area contributed by atoms with Gasteiger partial charge in [0, 0.05) is 37.3 Å². The Balaban J connectivity index is 1.93. The Morgan fingerprint density at radius 3 is 2.10 bits per heavy atom. The standard InChI is InChI=1S/C29H42N6O7/c1-18(2)26(34-23(37)9-5-4-6-17-35-24(38)14-15-25(35)39)28(41)33-22(8-7-16-31-29(30)42)27(40)32-21-12-10-20(11-13-21)19(3)36/h10-15,18-19,22,26,36H,4-9,16-17H2,1-3H3,(H,32,40)(H,33,41)(H,34,37)(H3,30,31,42)/t19?,22-,26-/m0/s1. The molecule has 1 aliphatic rings. The van der Waals surface area contributed by atoms with Gasteiger partial charge in [0.25, 0.3) is 11.8 Å². The monoisotopic (exact) mass is 586 g/mol. The molecular formula is C29H42N6O7. The molecule has 1 aromatic carbocycles. The van der Waals surface area contributed by atoms with Crippen LogP contribution in [0.2, 0.25) is 0 Å². The van der Waals surface area contributed by atoms with E-state index in [0.29, 0.717) is 36.9 Å². The summed E-state index contributed by atoms with van der Waals surface area (Å²) in [7, 11) is 0. The van der Waals surface area contributed by atoms with Gasteiger partial charge in [0.05, 0.1) is 6.10 Å². The van der Waals surface area contributed by atoms with Crippen molar-refractivity contribution in [1.29, 1.82) is 0 Å². The van der Waals surface area contributed by atoms with Crippen molar-refractivity contribution in [3.63, 3.8) is 0 Å². The van der Waals surface area contributed by atoms with Gasteiger partial charge >= 0.3 is 6.03 Å². The molecule has 0 saturated heterocycles. The SMILES string of the molecule is CC(O)c1ccc(NC(=O)[C@H](CCCNC(N)=O)NC(=O)[C@@H](NC(=O)CCCCCN2C(=O)C=CC2=O)C(C)C)cc1. The largest absolute Gasteiger partial charge is 0.389 e. The van der Waals surface area contributed by atoms with Gasteiger partial charge in [-0.25, -0.2) is 4.79 Å². The van der Waals surface area contributed by atoms with E-state index in [1.165, 1.54) is 12.2 Å². The highest BCUT2D eigenvalue weighted by Crippen LogP contribution is 2.16. The van der Waals surface area contributed by atoms with Crippen LogP contribution in [0.3, 0.4) is 0 Å². The number of rotatable bonds is 17. The molecule has 0 radical (unpaired) electrons. The molecule has 7 N–H and O–H groups in total. The molecule has 3 atom stereocenters. The highest BCUT2D eigenvalue weighted by molar-refractivity contribution is 6.12. The summed E-state index contributed by atoms with van der Waals surface area (Å²) >= 11 is 0. The fraction of sp³-hybridized carbons (Fsp3) is 0.517. The minimum absolute atomic E-state index is 0.155. The molecular weight excluding hydrogens is 544 g/mol. The number of aliphatic hydroxyl groups is 1. The average Bonchev–Trinajstić information content (AvgIpc) is 3.25. The molecule has 1 heterocycles. The number of nitrogens with zero attached hydrogens (tertiary/aromatic N) is 1. The number of unbranched alkanes of at least 4 members (excludes halogenated alkanes) is 2. The number of benzene rings is 1. The lowest BCUT2D eigenvalue weighted by Crippen LogP contribution is -2.54. The quantitative estimate of drug-likeness (QED) is 0.116. The Bertz CT molecular complexity index is 1130. The van der Waals surface area contributed by atoms with Crippen molar-refractivity contribution in [1.82, 2.24) is 20.9 Å². The van der Waals surface area contributed by atoms with E-state index in [-0.39, 0.29) is 49.6 Å². The predicted molar refractivity (Wildman–Crippen MR) is 156 cm³/mol. The van der Waals surface area contributed by atoms with Crippen LogP contribution in [0.4, 0.5) is 10.5 Å². The van der Waals surface area contributed by atoms with Crippen LogP contribution in [-0.4, -0.2) is 70.7 Å². The molecule has 13 nitrogen and oxygen atoms in total. The van der Waals surface area contributed by atoms with Crippen molar-refractivity contribution >= 4 is 41.3 Å². The third-order valence-electron chi connectivity index (χ3n) is 6.71. The van der Waals surface area contributed by atoms with Crippen molar-refractivity contribution in [3.05, 3.63) is 42.0 Å². The first-order valence-corrected chi connectivity index (χ1v) is 14.1. The predicted octanol–water partition coefficient (Wildman–Crippen LogP) is 1.24. The number of carbonyl (C=O) groups excluding carboxylic acids is 6. The molecule has 0 bridgehead atoms. The third-order valence-corrected chi connectivity index (χ3v) is 6.71. The Hall–Kier alpha value is -4.26. The molecule has 0 saturated carbocycles. The summed E-state index contributed by atoms with van der Waals surface area (Å²) in [5.41, 5.74) is 6.26. The number of aliphatic hydroxyl groups excluding tert-OH is 1. The summed E-state index contributed by atoms with van der Waals surface area (Å²) in [6.07, 6.45) is 4.18. The zero-order chi connectivity index (χ0) is 31.2. The number of hydrogen-bond donors (Lipinski definition) is 6. The molecule has 1 aromatic rings. The minimum atomic E-state index is -0.965.